The number of fused-ring (bicyclic) bond motifs is 1. The molecular weight excluding hydrogens is 638 g/mol. The topological polar surface area (TPSA) is 197 Å². The Morgan fingerprint density at radius 2 is 1.80 bits per heavy atom. The predicted octanol–water partition coefficient (Wildman–Crippen LogP) is 2.98. The lowest BCUT2D eigenvalue weighted by Gasteiger charge is -2.33. The molecule has 272 valence electrons. The standard InChI is InChI=1S/C35H53N11O4/c1-25(47)46(28-9-3-2-4-10-28)20-8-18-37-17-7-19-45-24-27(42-43-45)23-38-35-40-31-12-6-5-11-29(31)33(41-35)39-26-15-21-44(22-16-26)32(48)14-13-30(36)34(49)50/h5-6,11-12,24,26,28,30,37H,2-4,7-10,13-23,36H2,1H3,(H,49,50)(H2,38,39,40,41)/t30-/m0/s1. The molecule has 0 spiro atoms. The molecular formula is C35H53N11O4. The summed E-state index contributed by atoms with van der Waals surface area (Å²) in [4.78, 5) is 49.1. The minimum Gasteiger partial charge on any atom is -0.480 e. The van der Waals surface area contributed by atoms with Crippen LogP contribution < -0.4 is 21.7 Å². The van der Waals surface area contributed by atoms with Gasteiger partial charge in [0.1, 0.15) is 17.6 Å². The first kappa shape index (κ1) is 36.9. The molecule has 1 aliphatic heterocycles. The van der Waals surface area contributed by atoms with E-state index < -0.39 is 12.0 Å². The number of carbonyl (C=O) groups is 3. The van der Waals surface area contributed by atoms with Gasteiger partial charge in [0.25, 0.3) is 0 Å². The third-order valence-electron chi connectivity index (χ3n) is 9.71. The smallest absolute Gasteiger partial charge is 0.320 e. The van der Waals surface area contributed by atoms with E-state index in [2.05, 4.69) is 31.2 Å². The van der Waals surface area contributed by atoms with Crippen molar-refractivity contribution in [2.45, 2.75) is 109 Å². The van der Waals surface area contributed by atoms with Crippen LogP contribution in [0.2, 0.25) is 0 Å². The lowest BCUT2D eigenvalue weighted by molar-refractivity contribution is -0.139. The van der Waals surface area contributed by atoms with Crippen LogP contribution >= 0.6 is 0 Å². The highest BCUT2D eigenvalue weighted by molar-refractivity contribution is 5.90. The molecule has 15 nitrogen and oxygen atoms in total. The summed E-state index contributed by atoms with van der Waals surface area (Å²) < 4.78 is 1.85. The Kier molecular flexibility index (Phi) is 13.7. The van der Waals surface area contributed by atoms with Crippen molar-refractivity contribution in [3.05, 3.63) is 36.2 Å². The van der Waals surface area contributed by atoms with E-state index in [0.717, 1.165) is 87.1 Å². The maximum atomic E-state index is 12.6. The van der Waals surface area contributed by atoms with Crippen LogP contribution in [0.5, 0.6) is 0 Å². The zero-order chi connectivity index (χ0) is 35.3. The molecule has 15 heteroatoms. The summed E-state index contributed by atoms with van der Waals surface area (Å²) in [5.41, 5.74) is 7.17. The van der Waals surface area contributed by atoms with Gasteiger partial charge in [-0.1, -0.05) is 36.6 Å². The van der Waals surface area contributed by atoms with Gasteiger partial charge in [0.05, 0.1) is 18.3 Å². The molecule has 2 fully saturated rings. The van der Waals surface area contributed by atoms with Crippen molar-refractivity contribution in [2.24, 2.45) is 5.73 Å². The molecule has 1 saturated carbocycles. The van der Waals surface area contributed by atoms with Crippen LogP contribution in [0.15, 0.2) is 30.5 Å². The van der Waals surface area contributed by atoms with Gasteiger partial charge in [0.15, 0.2) is 0 Å². The minimum absolute atomic E-state index is 0.0637. The number of nitrogens with one attached hydrogen (secondary N) is 3. The Labute approximate surface area is 293 Å². The Bertz CT molecular complexity index is 1550. The molecule has 1 saturated heterocycles. The molecule has 6 N–H and O–H groups in total. The number of benzene rings is 1. The number of aryl methyl sites for hydroxylation is 1. The third-order valence-corrected chi connectivity index (χ3v) is 9.71. The average Bonchev–Trinajstić information content (AvgIpc) is 3.58. The van der Waals surface area contributed by atoms with E-state index in [-0.39, 0.29) is 30.7 Å². The van der Waals surface area contributed by atoms with Crippen molar-refractivity contribution in [3.8, 4) is 0 Å². The number of aliphatic carboxylic acids is 1. The third kappa shape index (κ3) is 10.8. The maximum Gasteiger partial charge on any atom is 0.320 e. The van der Waals surface area contributed by atoms with Crippen LogP contribution in [0.3, 0.4) is 0 Å². The number of nitrogens with two attached hydrogens (primary N) is 1. The van der Waals surface area contributed by atoms with E-state index in [9.17, 15) is 14.4 Å². The molecule has 2 aliphatic rings. The quantitative estimate of drug-likeness (QED) is 0.123. The lowest BCUT2D eigenvalue weighted by Crippen LogP contribution is -2.43. The van der Waals surface area contributed by atoms with E-state index in [1.807, 2.05) is 35.1 Å². The van der Waals surface area contributed by atoms with Crippen LogP contribution in [0.25, 0.3) is 10.9 Å². The van der Waals surface area contributed by atoms with Crippen molar-refractivity contribution >= 4 is 40.5 Å². The normalized spacial score (nSPS) is 16.3. The highest BCUT2D eigenvalue weighted by Crippen LogP contribution is 2.25. The van der Waals surface area contributed by atoms with E-state index in [0.29, 0.717) is 31.6 Å². The number of hydrogen-bond acceptors (Lipinski definition) is 11. The monoisotopic (exact) mass is 691 g/mol. The second-order valence-corrected chi connectivity index (χ2v) is 13.5. The molecule has 5 rings (SSSR count). The molecule has 0 radical (unpaired) electrons. The van der Waals surface area contributed by atoms with Gasteiger partial charge in [-0.15, -0.1) is 5.10 Å². The van der Waals surface area contributed by atoms with Crippen molar-refractivity contribution < 1.29 is 19.5 Å². The number of hydrogen-bond donors (Lipinski definition) is 5. The largest absolute Gasteiger partial charge is 0.480 e. The number of anilines is 2. The average molecular weight is 692 g/mol. The number of para-hydroxylation sites is 1. The van der Waals surface area contributed by atoms with Gasteiger partial charge >= 0.3 is 5.97 Å². The first-order chi connectivity index (χ1) is 24.3. The number of carboxylic acid groups (broad SMARTS) is 1. The van der Waals surface area contributed by atoms with Gasteiger partial charge in [-0.2, -0.15) is 4.98 Å². The number of amides is 2. The van der Waals surface area contributed by atoms with Crippen molar-refractivity contribution in [2.75, 3.05) is 43.4 Å². The van der Waals surface area contributed by atoms with Gasteiger partial charge in [-0.3, -0.25) is 19.1 Å². The fourth-order valence-electron chi connectivity index (χ4n) is 6.85. The van der Waals surface area contributed by atoms with Crippen LogP contribution in [-0.4, -0.2) is 109 Å². The van der Waals surface area contributed by atoms with E-state index in [4.69, 9.17) is 20.8 Å². The molecule has 1 aromatic carbocycles. The molecule has 0 bridgehead atoms. The molecule has 50 heavy (non-hydrogen) atoms. The molecule has 2 amide bonds. The van der Waals surface area contributed by atoms with E-state index in [1.165, 1.54) is 19.3 Å². The first-order valence-electron chi connectivity index (χ1n) is 18.2. The summed E-state index contributed by atoms with van der Waals surface area (Å²) in [5, 5.41) is 28.9. The summed E-state index contributed by atoms with van der Waals surface area (Å²) in [7, 11) is 0. The summed E-state index contributed by atoms with van der Waals surface area (Å²) in [5.74, 6) is 0.258. The maximum absolute atomic E-state index is 12.6. The summed E-state index contributed by atoms with van der Waals surface area (Å²) >= 11 is 0. The van der Waals surface area contributed by atoms with E-state index >= 15 is 0 Å². The van der Waals surface area contributed by atoms with Gasteiger partial charge in [0, 0.05) is 57.0 Å². The number of rotatable bonds is 18. The minimum atomic E-state index is -1.09. The second kappa shape index (κ2) is 18.6. The van der Waals surface area contributed by atoms with Crippen LogP contribution in [-0.2, 0) is 27.5 Å². The second-order valence-electron chi connectivity index (χ2n) is 13.5. The highest BCUT2D eigenvalue weighted by atomic mass is 16.4. The molecule has 2 aromatic heterocycles. The molecule has 1 aliphatic carbocycles. The van der Waals surface area contributed by atoms with E-state index in [1.54, 1.807) is 11.8 Å². The Hall–Kier alpha value is -4.37. The summed E-state index contributed by atoms with van der Waals surface area (Å²) in [6.07, 6.45) is 11.6. The number of carbonyl (C=O) groups excluding carboxylic acids is 2. The fourth-order valence-corrected chi connectivity index (χ4v) is 6.85. The molecule has 3 aromatic rings. The Morgan fingerprint density at radius 1 is 1.04 bits per heavy atom. The first-order valence-corrected chi connectivity index (χ1v) is 18.2. The molecule has 3 heterocycles. The number of piperidine rings is 1. The molecule has 0 unspecified atom stereocenters. The number of likely N-dealkylation sites (tertiary alicyclic amines) is 1. The van der Waals surface area contributed by atoms with Gasteiger partial charge in [0.2, 0.25) is 17.8 Å². The zero-order valence-corrected chi connectivity index (χ0v) is 29.2. The Morgan fingerprint density at radius 3 is 2.56 bits per heavy atom. The van der Waals surface area contributed by atoms with Crippen LogP contribution in [0, 0.1) is 0 Å². The number of nitrogens with zero attached hydrogens (tertiary/aromatic N) is 7. The van der Waals surface area contributed by atoms with Crippen molar-refractivity contribution in [3.63, 3.8) is 0 Å². The van der Waals surface area contributed by atoms with Crippen LogP contribution in [0.4, 0.5) is 11.8 Å². The Balaban J connectivity index is 1.04. The summed E-state index contributed by atoms with van der Waals surface area (Å²) in [6.45, 7) is 6.61. The van der Waals surface area contributed by atoms with Gasteiger partial charge in [-0.05, 0) is 70.2 Å². The molecule has 1 atom stereocenters. The fraction of sp³-hybridized carbons (Fsp3) is 0.629. The van der Waals surface area contributed by atoms with Gasteiger partial charge < -0.3 is 36.6 Å². The number of aromatic nitrogens is 5. The lowest BCUT2D eigenvalue weighted by atomic mass is 9.94. The predicted molar refractivity (Wildman–Crippen MR) is 191 cm³/mol. The zero-order valence-electron chi connectivity index (χ0n) is 29.2. The number of carboxylic acids is 1. The van der Waals surface area contributed by atoms with Crippen molar-refractivity contribution in [1.29, 1.82) is 0 Å². The SMILES string of the molecule is CC(=O)N(CCCNCCCn1cc(CNc2nc(NC3CCN(C(=O)CC[C@H](N)C(=O)O)CC3)c3ccccc3n2)nn1)C1CCCCC1. The highest BCUT2D eigenvalue weighted by Gasteiger charge is 2.25. The van der Waals surface area contributed by atoms with Gasteiger partial charge in [-0.25, -0.2) is 4.98 Å². The summed E-state index contributed by atoms with van der Waals surface area (Å²) in [6, 6.07) is 7.37. The van der Waals surface area contributed by atoms with Crippen LogP contribution in [0.1, 0.15) is 83.2 Å². The van der Waals surface area contributed by atoms with Crippen molar-refractivity contribution in [1.82, 2.24) is 40.1 Å².